The van der Waals surface area contributed by atoms with E-state index in [0.717, 1.165) is 41.4 Å². The average Bonchev–Trinajstić information content (AvgIpc) is 3.30. The van der Waals surface area contributed by atoms with Gasteiger partial charge in [0, 0.05) is 12.6 Å². The topological polar surface area (TPSA) is 90.9 Å². The summed E-state index contributed by atoms with van der Waals surface area (Å²) in [6.07, 6.45) is 6.80. The molecule has 0 bridgehead atoms. The summed E-state index contributed by atoms with van der Waals surface area (Å²) in [4.78, 5) is 44.4. The lowest BCUT2D eigenvalue weighted by Crippen LogP contribution is -2.46. The molecule has 1 amide bonds. The second-order valence-electron chi connectivity index (χ2n) is 9.18. The summed E-state index contributed by atoms with van der Waals surface area (Å²) in [7, 11) is 0. The highest BCUT2D eigenvalue weighted by Crippen LogP contribution is 2.17. The van der Waals surface area contributed by atoms with E-state index in [1.165, 1.54) is 11.0 Å². The Morgan fingerprint density at radius 2 is 1.49 bits per heavy atom. The highest BCUT2D eigenvalue weighted by Gasteiger charge is 2.22. The van der Waals surface area contributed by atoms with Crippen LogP contribution in [0.4, 0.5) is 0 Å². The molecule has 1 N–H and O–H groups in total. The Morgan fingerprint density at radius 3 is 2.14 bits per heavy atom. The molecule has 0 unspecified atom stereocenters. The first-order valence-corrected chi connectivity index (χ1v) is 12.2. The normalized spacial score (nSPS) is 14.3. The van der Waals surface area contributed by atoms with E-state index < -0.39 is 11.2 Å². The Morgan fingerprint density at radius 1 is 0.857 bits per heavy atom. The quantitative estimate of drug-likeness (QED) is 0.449. The Kier molecular flexibility index (Phi) is 6.61. The van der Waals surface area contributed by atoms with Gasteiger partial charge in [-0.1, -0.05) is 79.9 Å². The summed E-state index contributed by atoms with van der Waals surface area (Å²) in [5.74, 6) is -0.309. The van der Waals surface area contributed by atoms with Gasteiger partial charge in [-0.05, 0) is 24.0 Å². The fourth-order valence-electron chi connectivity index (χ4n) is 4.85. The maximum atomic E-state index is 13.6. The van der Waals surface area contributed by atoms with Crippen LogP contribution in [-0.4, -0.2) is 30.6 Å². The summed E-state index contributed by atoms with van der Waals surface area (Å²) in [6.45, 7) is 0.378. The lowest BCUT2D eigenvalue weighted by Gasteiger charge is -2.23. The van der Waals surface area contributed by atoms with Crippen LogP contribution in [0, 0.1) is 0 Å². The van der Waals surface area contributed by atoms with Gasteiger partial charge in [0.05, 0.1) is 12.9 Å². The van der Waals surface area contributed by atoms with Crippen LogP contribution in [0.1, 0.15) is 43.2 Å². The van der Waals surface area contributed by atoms with E-state index in [1.54, 1.807) is 10.9 Å². The molecule has 4 aromatic rings. The molecule has 180 valence electrons. The van der Waals surface area contributed by atoms with Crippen LogP contribution in [-0.2, 0) is 24.4 Å². The fourth-order valence-corrected chi connectivity index (χ4v) is 4.85. The number of hydrogen-bond donors (Lipinski definition) is 1. The third kappa shape index (κ3) is 4.96. The van der Waals surface area contributed by atoms with Crippen molar-refractivity contribution in [2.45, 2.75) is 57.8 Å². The smallest absolute Gasteiger partial charge is 0.333 e. The minimum atomic E-state index is -0.532. The molecule has 35 heavy (non-hydrogen) atoms. The maximum absolute atomic E-state index is 13.6. The zero-order chi connectivity index (χ0) is 24.2. The van der Waals surface area contributed by atoms with Crippen LogP contribution in [0.25, 0.3) is 11.2 Å². The SMILES string of the molecule is O=C(Cn1c(=O)c2c(ncn2Cc2ccccc2)n(Cc2ccccc2)c1=O)NC1CCCCC1. The van der Waals surface area contributed by atoms with Crippen molar-refractivity contribution in [1.82, 2.24) is 24.0 Å². The van der Waals surface area contributed by atoms with Gasteiger partial charge in [-0.2, -0.15) is 0 Å². The molecular formula is C27H29N5O3. The molecule has 1 saturated carbocycles. The molecule has 0 saturated heterocycles. The highest BCUT2D eigenvalue weighted by atomic mass is 16.2. The van der Waals surface area contributed by atoms with E-state index in [4.69, 9.17) is 0 Å². The molecule has 0 spiro atoms. The molecule has 2 aromatic heterocycles. The predicted octanol–water partition coefficient (Wildman–Crippen LogP) is 2.91. The van der Waals surface area contributed by atoms with Crippen molar-refractivity contribution in [3.05, 3.63) is 99.0 Å². The number of imidazole rings is 1. The molecule has 8 heteroatoms. The number of hydrogen-bond acceptors (Lipinski definition) is 4. The summed E-state index contributed by atoms with van der Waals surface area (Å²) in [5, 5.41) is 3.02. The average molecular weight is 472 g/mol. The van der Waals surface area contributed by atoms with Crippen LogP contribution in [0.3, 0.4) is 0 Å². The Balaban J connectivity index is 1.56. The molecule has 1 aliphatic carbocycles. The van der Waals surface area contributed by atoms with Gasteiger partial charge in [0.1, 0.15) is 6.54 Å². The number of nitrogens with zero attached hydrogens (tertiary/aromatic N) is 4. The third-order valence-electron chi connectivity index (χ3n) is 6.63. The third-order valence-corrected chi connectivity index (χ3v) is 6.63. The van der Waals surface area contributed by atoms with Gasteiger partial charge in [-0.15, -0.1) is 0 Å². The van der Waals surface area contributed by atoms with E-state index in [2.05, 4.69) is 10.3 Å². The Labute approximate surface area is 202 Å². The van der Waals surface area contributed by atoms with Gasteiger partial charge in [0.25, 0.3) is 5.56 Å². The first-order valence-electron chi connectivity index (χ1n) is 12.2. The van der Waals surface area contributed by atoms with Crippen LogP contribution in [0.15, 0.2) is 76.6 Å². The fraction of sp³-hybridized carbons (Fsp3) is 0.333. The molecule has 0 aliphatic heterocycles. The molecule has 0 radical (unpaired) electrons. The van der Waals surface area contributed by atoms with Crippen molar-refractivity contribution in [2.24, 2.45) is 0 Å². The summed E-state index contributed by atoms with van der Waals surface area (Å²) >= 11 is 0. The molecule has 0 atom stereocenters. The number of fused-ring (bicyclic) bond motifs is 1. The van der Waals surface area contributed by atoms with Gasteiger partial charge in [-0.25, -0.2) is 14.3 Å². The van der Waals surface area contributed by atoms with E-state index in [0.29, 0.717) is 17.7 Å². The first kappa shape index (κ1) is 22.8. The van der Waals surface area contributed by atoms with E-state index in [9.17, 15) is 14.4 Å². The standard InChI is InChI=1S/C27H29N5O3/c33-23(29-22-14-8-3-9-15-22)18-32-26(34)24-25(28-19-30(24)16-20-10-4-1-5-11-20)31(27(32)35)17-21-12-6-2-7-13-21/h1-2,4-7,10-13,19,22H,3,8-9,14-18H2,(H,29,33). The van der Waals surface area contributed by atoms with Crippen molar-refractivity contribution < 1.29 is 4.79 Å². The second kappa shape index (κ2) is 10.1. The van der Waals surface area contributed by atoms with E-state index >= 15 is 0 Å². The molecule has 2 heterocycles. The molecule has 1 aliphatic rings. The molecule has 1 fully saturated rings. The van der Waals surface area contributed by atoms with Gasteiger partial charge in [-0.3, -0.25) is 14.2 Å². The van der Waals surface area contributed by atoms with Gasteiger partial charge in [0.2, 0.25) is 5.91 Å². The maximum Gasteiger partial charge on any atom is 0.333 e. The second-order valence-corrected chi connectivity index (χ2v) is 9.18. The van der Waals surface area contributed by atoms with Gasteiger partial charge < -0.3 is 9.88 Å². The van der Waals surface area contributed by atoms with Crippen molar-refractivity contribution in [2.75, 3.05) is 0 Å². The monoisotopic (exact) mass is 471 g/mol. The zero-order valence-corrected chi connectivity index (χ0v) is 19.6. The molecule has 5 rings (SSSR count). The van der Waals surface area contributed by atoms with Crippen LogP contribution < -0.4 is 16.6 Å². The predicted molar refractivity (Wildman–Crippen MR) is 134 cm³/mol. The minimum Gasteiger partial charge on any atom is -0.352 e. The lowest BCUT2D eigenvalue weighted by molar-refractivity contribution is -0.122. The number of carbonyl (C=O) groups excluding carboxylic acids is 1. The van der Waals surface area contributed by atoms with Gasteiger partial charge >= 0.3 is 5.69 Å². The Hall–Kier alpha value is -3.94. The van der Waals surface area contributed by atoms with Crippen molar-refractivity contribution in [3.8, 4) is 0 Å². The van der Waals surface area contributed by atoms with E-state index in [-0.39, 0.29) is 25.0 Å². The van der Waals surface area contributed by atoms with Crippen LogP contribution in [0.2, 0.25) is 0 Å². The molecule has 8 nitrogen and oxygen atoms in total. The summed E-state index contributed by atoms with van der Waals surface area (Å²) in [5.41, 5.74) is 1.52. The Bertz CT molecular complexity index is 1430. The number of nitrogens with one attached hydrogen (secondary N) is 1. The lowest BCUT2D eigenvalue weighted by atomic mass is 9.95. The summed E-state index contributed by atoms with van der Waals surface area (Å²) in [6, 6.07) is 19.4. The number of benzene rings is 2. The first-order chi connectivity index (χ1) is 17.1. The van der Waals surface area contributed by atoms with Gasteiger partial charge in [0.15, 0.2) is 11.2 Å². The largest absolute Gasteiger partial charge is 0.352 e. The van der Waals surface area contributed by atoms with Crippen LogP contribution >= 0.6 is 0 Å². The van der Waals surface area contributed by atoms with E-state index in [1.807, 2.05) is 60.7 Å². The number of carbonyl (C=O) groups is 1. The van der Waals surface area contributed by atoms with Crippen molar-refractivity contribution in [1.29, 1.82) is 0 Å². The number of aromatic nitrogens is 4. The number of amides is 1. The summed E-state index contributed by atoms with van der Waals surface area (Å²) < 4.78 is 4.29. The molecule has 2 aromatic carbocycles. The highest BCUT2D eigenvalue weighted by molar-refractivity contribution is 5.77. The minimum absolute atomic E-state index is 0.103. The number of rotatable bonds is 7. The zero-order valence-electron chi connectivity index (χ0n) is 19.6. The van der Waals surface area contributed by atoms with Crippen molar-refractivity contribution in [3.63, 3.8) is 0 Å². The van der Waals surface area contributed by atoms with Crippen molar-refractivity contribution >= 4 is 17.1 Å². The van der Waals surface area contributed by atoms with Crippen LogP contribution in [0.5, 0.6) is 0 Å². The molecular weight excluding hydrogens is 442 g/mol.